The van der Waals surface area contributed by atoms with Crippen molar-refractivity contribution in [2.24, 2.45) is 0 Å². The van der Waals surface area contributed by atoms with E-state index in [9.17, 15) is 5.48 Å². The van der Waals surface area contributed by atoms with Crippen molar-refractivity contribution >= 4 is 78.0 Å². The van der Waals surface area contributed by atoms with Crippen LogP contribution in [0.5, 0.6) is 0 Å². The van der Waals surface area contributed by atoms with Gasteiger partial charge in [0.15, 0.2) is 0 Å². The van der Waals surface area contributed by atoms with Crippen molar-refractivity contribution in [3.8, 4) is 22.3 Å². The van der Waals surface area contributed by atoms with E-state index in [0.29, 0.717) is 22.7 Å². The Morgan fingerprint density at radius 2 is 1.18 bits per heavy atom. The molecule has 0 unspecified atom stereocenters. The standard InChI is InChI=1S/C68H71BN2S/c1-65(2,3)47-29-25-44(26-30-47)45-27-33-50(34-28-45)70-56-35-31-49(67(7,8)9)42-55(56)69-62-58(70)39-46(43-19-12-10-13-20-43)40-59(62)71(63-52-41-48(66(4,5)6)32-36-60(52)72-64(63)69)57-24-18-23-54-61(57)51-21-14-15-22-53(51)68(54)37-16-11-17-38-68/h14-15,18,21-36,39-43H,10-13,16-17,19-20,37-38H2,1-9H3/i27D,28D,33D,34D. The molecular formula is C68H71BN2S. The number of anilines is 6. The molecule has 2 aliphatic heterocycles. The molecule has 5 aliphatic rings. The zero-order valence-corrected chi connectivity index (χ0v) is 44.8. The summed E-state index contributed by atoms with van der Waals surface area (Å²) < 4.78 is 42.7. The fraction of sp³-hybridized carbons (Fsp3) is 0.353. The van der Waals surface area contributed by atoms with Crippen LogP contribution in [0.15, 0.2) is 139 Å². The first kappa shape index (κ1) is 41.6. The van der Waals surface area contributed by atoms with Crippen LogP contribution >= 0.6 is 11.3 Å². The predicted molar refractivity (Wildman–Crippen MR) is 313 cm³/mol. The van der Waals surface area contributed by atoms with Crippen molar-refractivity contribution < 1.29 is 5.48 Å². The minimum Gasteiger partial charge on any atom is -0.311 e. The lowest BCUT2D eigenvalue weighted by molar-refractivity contribution is 0.353. The largest absolute Gasteiger partial charge is 0.311 e. The van der Waals surface area contributed by atoms with Crippen LogP contribution in [-0.2, 0) is 21.7 Å². The van der Waals surface area contributed by atoms with Gasteiger partial charge in [0.2, 0.25) is 0 Å². The summed E-state index contributed by atoms with van der Waals surface area (Å²) in [6, 6.07) is 43.6. The molecule has 4 heteroatoms. The Morgan fingerprint density at radius 3 is 1.89 bits per heavy atom. The molecule has 3 heterocycles. The van der Waals surface area contributed by atoms with Crippen molar-refractivity contribution in [1.82, 2.24) is 0 Å². The highest BCUT2D eigenvalue weighted by atomic mass is 32.1. The Morgan fingerprint density at radius 1 is 0.556 bits per heavy atom. The highest BCUT2D eigenvalue weighted by Gasteiger charge is 2.49. The van der Waals surface area contributed by atoms with Gasteiger partial charge in [-0.15, -0.1) is 11.3 Å². The third-order valence-corrected chi connectivity index (χ3v) is 18.8. The number of benzene rings is 7. The molecule has 3 aliphatic carbocycles. The van der Waals surface area contributed by atoms with Crippen molar-refractivity contribution in [2.75, 3.05) is 9.80 Å². The Labute approximate surface area is 440 Å². The number of fused-ring (bicyclic) bond motifs is 11. The molecule has 362 valence electrons. The maximum Gasteiger partial charge on any atom is 0.264 e. The van der Waals surface area contributed by atoms with Gasteiger partial charge < -0.3 is 9.80 Å². The second-order valence-electron chi connectivity index (χ2n) is 25.2. The molecule has 0 saturated heterocycles. The monoisotopic (exact) mass is 963 g/mol. The van der Waals surface area contributed by atoms with Crippen LogP contribution in [0.1, 0.15) is 171 Å². The van der Waals surface area contributed by atoms with Gasteiger partial charge in [0.05, 0.1) is 16.9 Å². The Kier molecular flexibility index (Phi) is 9.59. The first-order chi connectivity index (χ1) is 36.3. The zero-order valence-electron chi connectivity index (χ0n) is 48.0. The fourth-order valence-corrected chi connectivity index (χ4v) is 15.0. The quantitative estimate of drug-likeness (QED) is 0.162. The summed E-state index contributed by atoms with van der Waals surface area (Å²) in [7, 11) is 0. The van der Waals surface area contributed by atoms with Crippen molar-refractivity contribution in [3.63, 3.8) is 0 Å². The molecule has 1 aromatic heterocycles. The van der Waals surface area contributed by atoms with Gasteiger partial charge in [0, 0.05) is 48.6 Å². The minimum atomic E-state index is -0.166. The fourth-order valence-electron chi connectivity index (χ4n) is 13.7. The van der Waals surface area contributed by atoms with E-state index in [4.69, 9.17) is 0 Å². The molecular weight excluding hydrogens is 888 g/mol. The van der Waals surface area contributed by atoms with Gasteiger partial charge >= 0.3 is 0 Å². The summed E-state index contributed by atoms with van der Waals surface area (Å²) in [6.45, 7) is 20.2. The third-order valence-electron chi connectivity index (χ3n) is 17.6. The summed E-state index contributed by atoms with van der Waals surface area (Å²) in [5.41, 5.74) is 19.4. The van der Waals surface area contributed by atoms with E-state index in [1.807, 2.05) is 23.5 Å². The van der Waals surface area contributed by atoms with Gasteiger partial charge in [-0.2, -0.15) is 0 Å². The van der Waals surface area contributed by atoms with E-state index in [1.165, 1.54) is 109 Å². The van der Waals surface area contributed by atoms with Crippen LogP contribution in [0.3, 0.4) is 0 Å². The maximum absolute atomic E-state index is 10.2. The number of hydrogen-bond donors (Lipinski definition) is 0. The zero-order chi connectivity index (χ0) is 53.0. The summed E-state index contributed by atoms with van der Waals surface area (Å²) in [5.74, 6) is 0.339. The number of hydrogen-bond acceptors (Lipinski definition) is 3. The van der Waals surface area contributed by atoms with Crippen LogP contribution in [-0.4, -0.2) is 6.71 Å². The van der Waals surface area contributed by atoms with E-state index in [0.717, 1.165) is 53.8 Å². The third kappa shape index (κ3) is 7.15. The van der Waals surface area contributed by atoms with E-state index < -0.39 is 0 Å². The molecule has 72 heavy (non-hydrogen) atoms. The SMILES string of the molecule is [2H]c1c([2H])c(N2c3ccc(C(C)(C)C)cc3B3c4sc5ccc(C(C)(C)C)cc5c4N(c4cccc5c4-c4ccccc4C54CCCCC4)c4cc(C5CCCCC5)cc2c43)c([2H])c([2H])c1-c1ccc(C(C)(C)C)cc1. The number of nitrogens with zero attached hydrogens (tertiary/aromatic N) is 2. The Hall–Kier alpha value is -5.84. The lowest BCUT2D eigenvalue weighted by Gasteiger charge is -2.44. The van der Waals surface area contributed by atoms with Crippen LogP contribution < -0.4 is 25.5 Å². The van der Waals surface area contributed by atoms with Crippen molar-refractivity contribution in [3.05, 3.63) is 173 Å². The molecule has 0 radical (unpaired) electrons. The normalized spacial score (nSPS) is 18.0. The van der Waals surface area contributed by atoms with Crippen LogP contribution in [0.4, 0.5) is 34.1 Å². The Bertz CT molecular complexity index is 3660. The first-order valence-corrected chi connectivity index (χ1v) is 28.0. The maximum atomic E-state index is 10.2. The molecule has 0 bridgehead atoms. The molecule has 8 aromatic rings. The highest BCUT2D eigenvalue weighted by molar-refractivity contribution is 7.33. The highest BCUT2D eigenvalue weighted by Crippen LogP contribution is 2.60. The van der Waals surface area contributed by atoms with E-state index in [1.54, 1.807) is 0 Å². The number of rotatable bonds is 4. The van der Waals surface area contributed by atoms with Crippen LogP contribution in [0, 0.1) is 0 Å². The smallest absolute Gasteiger partial charge is 0.264 e. The molecule has 1 spiro atoms. The van der Waals surface area contributed by atoms with Crippen molar-refractivity contribution in [2.45, 2.75) is 154 Å². The predicted octanol–water partition coefficient (Wildman–Crippen LogP) is 17.8. The van der Waals surface area contributed by atoms with Gasteiger partial charge in [0.1, 0.15) is 0 Å². The van der Waals surface area contributed by atoms with Gasteiger partial charge in [-0.25, -0.2) is 0 Å². The average Bonchev–Trinajstić information content (AvgIpc) is 3.99. The summed E-state index contributed by atoms with van der Waals surface area (Å²) in [6.07, 6.45) is 11.8. The molecule has 7 aromatic carbocycles. The van der Waals surface area contributed by atoms with Gasteiger partial charge in [-0.1, -0.05) is 192 Å². The van der Waals surface area contributed by atoms with E-state index in [-0.39, 0.29) is 52.5 Å². The molecule has 0 atom stereocenters. The lowest BCUT2D eigenvalue weighted by Crippen LogP contribution is -2.60. The van der Waals surface area contributed by atoms with E-state index >= 15 is 0 Å². The van der Waals surface area contributed by atoms with Crippen LogP contribution in [0.2, 0.25) is 0 Å². The number of thiophene rings is 1. The molecule has 0 amide bonds. The Balaban J connectivity index is 1.15. The first-order valence-electron chi connectivity index (χ1n) is 29.2. The van der Waals surface area contributed by atoms with E-state index in [2.05, 4.69) is 175 Å². The van der Waals surface area contributed by atoms with Crippen molar-refractivity contribution in [1.29, 1.82) is 0 Å². The second kappa shape index (κ2) is 16.6. The molecule has 2 fully saturated rings. The second-order valence-corrected chi connectivity index (χ2v) is 26.2. The summed E-state index contributed by atoms with van der Waals surface area (Å²) >= 11 is 1.92. The van der Waals surface area contributed by atoms with Gasteiger partial charge in [0.25, 0.3) is 6.71 Å². The molecule has 2 saturated carbocycles. The molecule has 13 rings (SSSR count). The molecule has 2 nitrogen and oxygen atoms in total. The van der Waals surface area contributed by atoms with Crippen LogP contribution in [0.25, 0.3) is 32.3 Å². The van der Waals surface area contributed by atoms with Gasteiger partial charge in [-0.3, -0.25) is 0 Å². The lowest BCUT2D eigenvalue weighted by atomic mass is 9.36. The van der Waals surface area contributed by atoms with Gasteiger partial charge in [-0.05, 0) is 157 Å². The summed E-state index contributed by atoms with van der Waals surface area (Å²) in [5, 5.41) is 1.28. The minimum absolute atomic E-state index is 0.0231. The topological polar surface area (TPSA) is 6.48 Å². The molecule has 0 N–H and O–H groups in total. The summed E-state index contributed by atoms with van der Waals surface area (Å²) in [4.78, 5) is 4.86. The average molecular weight is 963 g/mol.